The van der Waals surface area contributed by atoms with Gasteiger partial charge in [0.05, 0.1) is 10.0 Å². The van der Waals surface area contributed by atoms with Gasteiger partial charge in [0.15, 0.2) is 11.5 Å². The molecule has 1 fully saturated rings. The van der Waals surface area contributed by atoms with Gasteiger partial charge in [-0.3, -0.25) is 4.79 Å². The minimum absolute atomic E-state index is 0.0728. The first kappa shape index (κ1) is 24.2. The number of aromatic nitrogens is 4. The zero-order valence-corrected chi connectivity index (χ0v) is 22.6. The molecule has 0 aromatic carbocycles. The number of allylic oxidation sites excluding steroid dienone is 1. The maximum absolute atomic E-state index is 13.6. The van der Waals surface area contributed by atoms with E-state index in [1.165, 1.54) is 0 Å². The number of hydrogen-bond donors (Lipinski definition) is 2. The highest BCUT2D eigenvalue weighted by Crippen LogP contribution is 2.41. The summed E-state index contributed by atoms with van der Waals surface area (Å²) in [5, 5.41) is 10.2. The van der Waals surface area contributed by atoms with E-state index in [2.05, 4.69) is 71.5 Å². The number of alkyl halides is 1. The predicted octanol–water partition coefficient (Wildman–Crippen LogP) is 2.15. The summed E-state index contributed by atoms with van der Waals surface area (Å²) >= 11 is 3.88. The van der Waals surface area contributed by atoms with E-state index in [1.54, 1.807) is 4.52 Å². The van der Waals surface area contributed by atoms with Crippen molar-refractivity contribution in [2.45, 2.75) is 37.6 Å². The Kier molecular flexibility index (Phi) is 6.35. The van der Waals surface area contributed by atoms with E-state index in [-0.39, 0.29) is 16.1 Å². The molecule has 1 unspecified atom stereocenters. The second-order valence-electron chi connectivity index (χ2n) is 10.3. The van der Waals surface area contributed by atoms with Crippen LogP contribution in [0.3, 0.4) is 0 Å². The van der Waals surface area contributed by atoms with Crippen LogP contribution in [-0.2, 0) is 9.12 Å². The molecule has 0 spiro atoms. The monoisotopic (exact) mass is 543 g/mol. The fraction of sp³-hybridized carbons (Fsp3) is 0.583. The van der Waals surface area contributed by atoms with Crippen LogP contribution in [-0.4, -0.2) is 93.2 Å². The highest BCUT2D eigenvalue weighted by molar-refractivity contribution is 9.09. The van der Waals surface area contributed by atoms with Gasteiger partial charge in [-0.05, 0) is 26.3 Å². The Balaban J connectivity index is 1.58. The molecule has 188 valence electrons. The summed E-state index contributed by atoms with van der Waals surface area (Å²) in [7, 11) is 4.05. The minimum atomic E-state index is -0.418. The lowest BCUT2D eigenvalue weighted by Gasteiger charge is -2.36. The molecule has 5 rings (SSSR count). The van der Waals surface area contributed by atoms with Crippen molar-refractivity contribution in [2.24, 2.45) is 5.92 Å². The van der Waals surface area contributed by atoms with Crippen molar-refractivity contribution < 1.29 is 4.79 Å². The number of likely N-dealkylation sites (N-methyl/N-ethyl adjacent to an activating group) is 1. The average molecular weight is 545 g/mol. The highest BCUT2D eigenvalue weighted by Gasteiger charge is 2.35. The van der Waals surface area contributed by atoms with Gasteiger partial charge in [-0.15, -0.1) is 5.10 Å². The van der Waals surface area contributed by atoms with Gasteiger partial charge in [0.25, 0.3) is 0 Å². The van der Waals surface area contributed by atoms with E-state index < -0.39 is 6.04 Å². The number of piperazine rings is 1. The number of anilines is 1. The lowest BCUT2D eigenvalue weighted by molar-refractivity contribution is -0.134. The molecule has 10 nitrogen and oxygen atoms in total. The molecule has 2 N–H and O–H groups in total. The van der Waals surface area contributed by atoms with Crippen LogP contribution in [0.25, 0.3) is 17.3 Å². The van der Waals surface area contributed by atoms with Crippen LogP contribution in [0, 0.1) is 5.92 Å². The van der Waals surface area contributed by atoms with E-state index in [4.69, 9.17) is 15.1 Å². The molecule has 2 aromatic rings. The minimum Gasteiger partial charge on any atom is -0.342 e. The van der Waals surface area contributed by atoms with Crippen molar-refractivity contribution in [3.63, 3.8) is 0 Å². The smallest absolute Gasteiger partial charge is 0.245 e. The van der Waals surface area contributed by atoms with Gasteiger partial charge >= 0.3 is 0 Å². The normalized spacial score (nSPS) is 23.7. The third-order valence-electron chi connectivity index (χ3n) is 6.99. The van der Waals surface area contributed by atoms with E-state index in [0.717, 1.165) is 55.1 Å². The van der Waals surface area contributed by atoms with Crippen LogP contribution < -0.4 is 10.7 Å². The number of fused-ring (bicyclic) bond motifs is 3. The molecule has 4 heterocycles. The first-order valence-corrected chi connectivity index (χ1v) is 13.0. The summed E-state index contributed by atoms with van der Waals surface area (Å²) in [5.74, 6) is 1.37. The maximum Gasteiger partial charge on any atom is 0.245 e. The third kappa shape index (κ3) is 4.56. The van der Waals surface area contributed by atoms with Gasteiger partial charge in [0, 0.05) is 57.1 Å². The van der Waals surface area contributed by atoms with Crippen LogP contribution in [0.15, 0.2) is 12.3 Å². The van der Waals surface area contributed by atoms with E-state index in [0.29, 0.717) is 18.3 Å². The molecule has 2 aromatic heterocycles. The van der Waals surface area contributed by atoms with E-state index in [1.807, 2.05) is 23.2 Å². The van der Waals surface area contributed by atoms with Crippen LogP contribution in [0.5, 0.6) is 0 Å². The van der Waals surface area contributed by atoms with Gasteiger partial charge < -0.3 is 20.1 Å². The molecule has 35 heavy (non-hydrogen) atoms. The van der Waals surface area contributed by atoms with Crippen molar-refractivity contribution in [3.05, 3.63) is 29.4 Å². The van der Waals surface area contributed by atoms with E-state index >= 15 is 0 Å². The summed E-state index contributed by atoms with van der Waals surface area (Å²) in [4.78, 5) is 27.8. The molecular formula is C24H34BrN9O. The van der Waals surface area contributed by atoms with Crippen molar-refractivity contribution in [1.29, 1.82) is 0 Å². The summed E-state index contributed by atoms with van der Waals surface area (Å²) in [5.41, 5.74) is 6.84. The Bertz CT molecular complexity index is 1190. The number of hydrogen-bond acceptors (Lipinski definition) is 8. The maximum atomic E-state index is 13.6. The second kappa shape index (κ2) is 9.18. The van der Waals surface area contributed by atoms with Crippen molar-refractivity contribution >= 4 is 45.1 Å². The molecule has 2 atom stereocenters. The molecular weight excluding hydrogens is 510 g/mol. The Labute approximate surface area is 214 Å². The second-order valence-corrected chi connectivity index (χ2v) is 12.0. The lowest BCUT2D eigenvalue weighted by Crippen LogP contribution is -2.53. The number of amides is 1. The number of carbonyl (C=O) groups excluding carboxylic acids is 1. The summed E-state index contributed by atoms with van der Waals surface area (Å²) in [6.45, 7) is 10.2. The van der Waals surface area contributed by atoms with Gasteiger partial charge in [-0.25, -0.2) is 15.4 Å². The SMILES string of the molecule is CC(C)[C@@H](Nc1nc2c(c3nc(C4=CN(C)NC4)nn13)C=CCC2(C)Br)C(=O)N1CCN(C)CC1. The van der Waals surface area contributed by atoms with Gasteiger partial charge in [0.2, 0.25) is 11.9 Å². The first-order chi connectivity index (χ1) is 16.6. The fourth-order valence-electron chi connectivity index (χ4n) is 4.78. The molecule has 1 amide bonds. The molecule has 11 heteroatoms. The Morgan fingerprint density at radius 3 is 2.60 bits per heavy atom. The number of rotatable bonds is 5. The summed E-state index contributed by atoms with van der Waals surface area (Å²) in [6, 6.07) is -0.418. The van der Waals surface area contributed by atoms with Crippen molar-refractivity contribution in [1.82, 2.24) is 39.8 Å². The molecule has 0 radical (unpaired) electrons. The van der Waals surface area contributed by atoms with Gasteiger partial charge in [0.1, 0.15) is 6.04 Å². The Hall–Kier alpha value is -2.50. The molecule has 2 aliphatic heterocycles. The largest absolute Gasteiger partial charge is 0.342 e. The first-order valence-electron chi connectivity index (χ1n) is 12.2. The standard InChI is InChI=1S/C24H34BrN9O/c1-15(2)18(22(35)33-11-9-31(4)10-12-33)27-23-28-19-17(7-6-8-24(19,3)25)21-29-20(30-34(21)23)16-13-26-32(5)14-16/h6-7,14-15,18,26H,8-13H2,1-5H3,(H,27,28)/t18-,24?/m1/s1. The fourth-order valence-corrected chi connectivity index (χ4v) is 5.27. The number of carbonyl (C=O) groups is 1. The molecule has 3 aliphatic rings. The number of nitrogens with one attached hydrogen (secondary N) is 2. The highest BCUT2D eigenvalue weighted by atomic mass is 79.9. The Morgan fingerprint density at radius 2 is 1.94 bits per heavy atom. The van der Waals surface area contributed by atoms with Gasteiger partial charge in [-0.2, -0.15) is 4.52 Å². The van der Waals surface area contributed by atoms with Crippen LogP contribution in [0.1, 0.15) is 44.3 Å². The number of halogens is 1. The Morgan fingerprint density at radius 1 is 1.20 bits per heavy atom. The zero-order chi connectivity index (χ0) is 24.9. The lowest BCUT2D eigenvalue weighted by atomic mass is 9.93. The van der Waals surface area contributed by atoms with Crippen molar-refractivity contribution in [2.75, 3.05) is 52.1 Å². The third-order valence-corrected chi connectivity index (χ3v) is 7.69. The average Bonchev–Trinajstić information content (AvgIpc) is 3.44. The molecule has 0 bridgehead atoms. The number of hydrazine groups is 1. The predicted molar refractivity (Wildman–Crippen MR) is 141 cm³/mol. The van der Waals surface area contributed by atoms with Crippen LogP contribution in [0.4, 0.5) is 5.95 Å². The van der Waals surface area contributed by atoms with Crippen LogP contribution >= 0.6 is 15.9 Å². The summed E-state index contributed by atoms with van der Waals surface area (Å²) < 4.78 is 1.43. The molecule has 1 saturated heterocycles. The van der Waals surface area contributed by atoms with Crippen molar-refractivity contribution in [3.8, 4) is 0 Å². The molecule has 1 aliphatic carbocycles. The number of nitrogens with zero attached hydrogens (tertiary/aromatic N) is 7. The quantitative estimate of drug-likeness (QED) is 0.554. The topological polar surface area (TPSA) is 93.9 Å². The van der Waals surface area contributed by atoms with E-state index in [9.17, 15) is 4.79 Å². The zero-order valence-electron chi connectivity index (χ0n) is 21.0. The summed E-state index contributed by atoms with van der Waals surface area (Å²) in [6.07, 6.45) is 7.03. The van der Waals surface area contributed by atoms with Crippen LogP contribution in [0.2, 0.25) is 0 Å². The molecule has 0 saturated carbocycles. The van der Waals surface area contributed by atoms with Gasteiger partial charge in [-0.1, -0.05) is 41.9 Å².